The van der Waals surface area contributed by atoms with E-state index < -0.39 is 29.4 Å². The number of aliphatic imine (C=N–C) groups is 1. The van der Waals surface area contributed by atoms with Gasteiger partial charge in [-0.3, -0.25) is 14.9 Å². The lowest BCUT2D eigenvalue weighted by atomic mass is 9.86. The molecule has 9 nitrogen and oxygen atoms in total. The monoisotopic (exact) mass is 367 g/mol. The summed E-state index contributed by atoms with van der Waals surface area (Å²) in [4.78, 5) is 27.6. The van der Waals surface area contributed by atoms with Gasteiger partial charge in [0.25, 0.3) is 5.91 Å². The summed E-state index contributed by atoms with van der Waals surface area (Å²) in [6.07, 6.45) is 2.39. The van der Waals surface area contributed by atoms with Crippen LogP contribution < -0.4 is 33.2 Å². The number of thiocarbonyl (C=S) groups is 1. The van der Waals surface area contributed by atoms with E-state index in [1.165, 1.54) is 12.3 Å². The molecule has 1 heterocycles. The Morgan fingerprint density at radius 1 is 1.36 bits per heavy atom. The summed E-state index contributed by atoms with van der Waals surface area (Å²) < 4.78 is 0. The highest BCUT2D eigenvalue weighted by Crippen LogP contribution is 2.19. The molecule has 0 aromatic rings. The third kappa shape index (κ3) is 6.16. The van der Waals surface area contributed by atoms with Gasteiger partial charge in [-0.2, -0.15) is 0 Å². The second-order valence-electron chi connectivity index (χ2n) is 6.73. The number of rotatable bonds is 6. The summed E-state index contributed by atoms with van der Waals surface area (Å²) in [5, 5.41) is 8.87. The van der Waals surface area contributed by atoms with Crippen molar-refractivity contribution in [3.8, 4) is 0 Å². The first-order valence-electron chi connectivity index (χ1n) is 7.56. The van der Waals surface area contributed by atoms with Gasteiger partial charge < -0.3 is 27.8 Å². The zero-order valence-corrected chi connectivity index (χ0v) is 15.5. The first-order valence-corrected chi connectivity index (χ1v) is 7.97. The smallest absolute Gasteiger partial charge is 0.271 e. The number of nitrogens with one attached hydrogen (secondary N) is 3. The van der Waals surface area contributed by atoms with Crippen LogP contribution in [0.2, 0.25) is 0 Å². The van der Waals surface area contributed by atoms with E-state index in [9.17, 15) is 9.59 Å². The van der Waals surface area contributed by atoms with E-state index in [2.05, 4.69) is 20.9 Å². The fraction of sp³-hybridized carbons (Fsp3) is 0.467. The zero-order chi connectivity index (χ0) is 19.4. The Morgan fingerprint density at radius 3 is 2.40 bits per heavy atom. The topological polar surface area (TPSA) is 161 Å². The Kier molecular flexibility index (Phi) is 6.65. The number of nitrogens with zero attached hydrogens (tertiary/aromatic N) is 1. The fourth-order valence-corrected chi connectivity index (χ4v) is 2.43. The molecular weight excluding hydrogens is 342 g/mol. The molecule has 0 spiro atoms. The van der Waals surface area contributed by atoms with Crippen molar-refractivity contribution in [1.82, 2.24) is 16.0 Å². The number of allylic oxidation sites excluding steroid dienone is 1. The van der Waals surface area contributed by atoms with Gasteiger partial charge in [-0.25, -0.2) is 4.99 Å². The Morgan fingerprint density at radius 2 is 1.96 bits per heavy atom. The quantitative estimate of drug-likeness (QED) is 0.257. The van der Waals surface area contributed by atoms with E-state index in [-0.39, 0.29) is 16.5 Å². The lowest BCUT2D eigenvalue weighted by molar-refractivity contribution is -0.122. The van der Waals surface area contributed by atoms with E-state index in [0.29, 0.717) is 5.70 Å². The predicted molar refractivity (Wildman–Crippen MR) is 101 cm³/mol. The molecule has 2 amide bonds. The maximum absolute atomic E-state index is 11.7. The van der Waals surface area contributed by atoms with Crippen molar-refractivity contribution in [3.05, 3.63) is 23.3 Å². The molecule has 0 saturated heterocycles. The highest BCUT2D eigenvalue weighted by Gasteiger charge is 2.32. The highest BCUT2D eigenvalue weighted by molar-refractivity contribution is 7.80. The van der Waals surface area contributed by atoms with Gasteiger partial charge in [0.1, 0.15) is 17.0 Å². The summed E-state index contributed by atoms with van der Waals surface area (Å²) in [5.41, 5.74) is 16.4. The van der Waals surface area contributed by atoms with Crippen molar-refractivity contribution in [3.63, 3.8) is 0 Å². The molecule has 1 rings (SSSR count). The fourth-order valence-electron chi connectivity index (χ4n) is 2.15. The van der Waals surface area contributed by atoms with Crippen LogP contribution in [0.15, 0.2) is 28.3 Å². The van der Waals surface area contributed by atoms with Crippen LogP contribution in [0.25, 0.3) is 0 Å². The third-order valence-electron chi connectivity index (χ3n) is 3.23. The SMILES string of the molecule is CC(N)=CC(=S)NC1=C(C(N)=O)N=CC(N[C@@H](C(N)=O)C(C)(C)C)N1. The predicted octanol–water partition coefficient (Wildman–Crippen LogP) is -1.09. The number of primary amides is 2. The normalized spacial score (nSPS) is 19.2. The van der Waals surface area contributed by atoms with Crippen molar-refractivity contribution in [2.45, 2.75) is 39.9 Å². The van der Waals surface area contributed by atoms with Gasteiger partial charge in [0.05, 0.1) is 6.04 Å². The van der Waals surface area contributed by atoms with E-state index in [0.717, 1.165) is 0 Å². The highest BCUT2D eigenvalue weighted by atomic mass is 32.1. The molecule has 0 aromatic heterocycles. The summed E-state index contributed by atoms with van der Waals surface area (Å²) in [7, 11) is 0. The largest absolute Gasteiger partial charge is 0.402 e. The molecule has 138 valence electrons. The second-order valence-corrected chi connectivity index (χ2v) is 7.17. The third-order valence-corrected chi connectivity index (χ3v) is 3.45. The Labute approximate surface area is 152 Å². The number of carbonyl (C=O) groups excluding carboxylic acids is 2. The molecular formula is C15H25N7O2S. The van der Waals surface area contributed by atoms with Crippen LogP contribution in [0.1, 0.15) is 27.7 Å². The molecule has 0 saturated carbocycles. The molecule has 0 bridgehead atoms. The Bertz CT molecular complexity index is 657. The van der Waals surface area contributed by atoms with E-state index in [4.69, 9.17) is 29.4 Å². The van der Waals surface area contributed by atoms with Crippen LogP contribution in [0, 0.1) is 5.41 Å². The van der Waals surface area contributed by atoms with Crippen LogP contribution in [-0.4, -0.2) is 35.2 Å². The number of hydrogen-bond donors (Lipinski definition) is 6. The Balaban J connectivity index is 3.00. The molecule has 0 radical (unpaired) electrons. The van der Waals surface area contributed by atoms with Crippen LogP contribution in [0.4, 0.5) is 0 Å². The summed E-state index contributed by atoms with van der Waals surface area (Å²) >= 11 is 5.14. The van der Waals surface area contributed by atoms with Crippen LogP contribution in [0.5, 0.6) is 0 Å². The molecule has 2 atom stereocenters. The summed E-state index contributed by atoms with van der Waals surface area (Å²) in [5.74, 6) is -1.02. The summed E-state index contributed by atoms with van der Waals surface area (Å²) in [6, 6.07) is -0.633. The van der Waals surface area contributed by atoms with E-state index in [1.807, 2.05) is 20.8 Å². The van der Waals surface area contributed by atoms with Gasteiger partial charge in [-0.1, -0.05) is 33.0 Å². The number of amides is 2. The molecule has 25 heavy (non-hydrogen) atoms. The lowest BCUT2D eigenvalue weighted by Crippen LogP contribution is -2.59. The maximum atomic E-state index is 11.7. The van der Waals surface area contributed by atoms with Crippen LogP contribution in [0.3, 0.4) is 0 Å². The molecule has 0 aliphatic carbocycles. The van der Waals surface area contributed by atoms with Crippen molar-refractivity contribution >= 4 is 35.2 Å². The van der Waals surface area contributed by atoms with Crippen molar-refractivity contribution in [1.29, 1.82) is 0 Å². The van der Waals surface area contributed by atoms with Crippen molar-refractivity contribution in [2.24, 2.45) is 27.6 Å². The zero-order valence-electron chi connectivity index (χ0n) is 14.7. The van der Waals surface area contributed by atoms with Crippen molar-refractivity contribution < 1.29 is 9.59 Å². The minimum atomic E-state index is -0.733. The number of nitrogens with two attached hydrogens (primary N) is 3. The van der Waals surface area contributed by atoms with Crippen molar-refractivity contribution in [2.75, 3.05) is 0 Å². The Hall–Kier alpha value is -2.46. The van der Waals surface area contributed by atoms with Gasteiger partial charge in [0, 0.05) is 11.9 Å². The van der Waals surface area contributed by atoms with Crippen LogP contribution in [-0.2, 0) is 9.59 Å². The standard InChI is InChI=1S/C15H25N7O2S/c1-7(16)5-9(25)22-14-10(12(17)23)19-6-8(21-14)20-11(13(18)24)15(2,3)4/h5-6,8,11,20-21H,16H2,1-4H3,(H2,17,23)(H2,18,24)(H,22,25)/t8?,11-/m0/s1. The average molecular weight is 367 g/mol. The second kappa shape index (κ2) is 8.08. The first kappa shape index (κ1) is 20.6. The number of hydrogen-bond acceptors (Lipinski definition) is 7. The number of carbonyl (C=O) groups is 2. The minimum Gasteiger partial charge on any atom is -0.402 e. The lowest BCUT2D eigenvalue weighted by Gasteiger charge is -2.33. The summed E-state index contributed by atoms with van der Waals surface area (Å²) in [6.45, 7) is 7.31. The van der Waals surface area contributed by atoms with Crippen LogP contribution >= 0.6 is 12.2 Å². The van der Waals surface area contributed by atoms with Gasteiger partial charge in [-0.15, -0.1) is 0 Å². The molecule has 1 aliphatic rings. The molecule has 0 aromatic carbocycles. The molecule has 0 fully saturated rings. The van der Waals surface area contributed by atoms with Gasteiger partial charge in [-0.05, 0) is 18.4 Å². The minimum absolute atomic E-state index is 0.0186. The van der Waals surface area contributed by atoms with Gasteiger partial charge >= 0.3 is 0 Å². The molecule has 1 aliphatic heterocycles. The first-order chi connectivity index (χ1) is 11.4. The molecule has 1 unspecified atom stereocenters. The van der Waals surface area contributed by atoms with Gasteiger partial charge in [0.2, 0.25) is 5.91 Å². The van der Waals surface area contributed by atoms with E-state index in [1.54, 1.807) is 6.92 Å². The average Bonchev–Trinajstić information content (AvgIpc) is 2.41. The molecule has 9 N–H and O–H groups in total. The maximum Gasteiger partial charge on any atom is 0.271 e. The van der Waals surface area contributed by atoms with E-state index >= 15 is 0 Å². The van der Waals surface area contributed by atoms with Gasteiger partial charge in [0.15, 0.2) is 5.70 Å². The molecule has 10 heteroatoms.